The normalized spacial score (nSPS) is 12.0. The lowest BCUT2D eigenvalue weighted by atomic mass is 10.1. The van der Waals surface area contributed by atoms with Crippen LogP contribution in [0.4, 0.5) is 0 Å². The molecule has 10 heteroatoms. The summed E-state index contributed by atoms with van der Waals surface area (Å²) in [4.78, 5) is 30.5. The minimum atomic E-state index is -0.862. The molecule has 0 radical (unpaired) electrons. The van der Waals surface area contributed by atoms with Gasteiger partial charge in [0.05, 0.1) is 43.3 Å². The summed E-state index contributed by atoms with van der Waals surface area (Å²) in [7, 11) is 2.88. The Morgan fingerprint density at radius 2 is 1.91 bits per heavy atom. The smallest absolute Gasteiger partial charge is 0.346 e. The number of methoxy groups -OCH3 is 2. The number of para-hydroxylation sites is 1. The van der Waals surface area contributed by atoms with Gasteiger partial charge in [-0.05, 0) is 68.3 Å². The van der Waals surface area contributed by atoms with Gasteiger partial charge in [-0.15, -0.1) is 6.58 Å². The molecule has 0 N–H and O–H groups in total. The lowest BCUT2D eigenvalue weighted by molar-refractivity contribution is -0.147. The van der Waals surface area contributed by atoms with Crippen LogP contribution in [0.3, 0.4) is 0 Å². The molecule has 43 heavy (non-hydrogen) atoms. The first-order valence-corrected chi connectivity index (χ1v) is 13.7. The van der Waals surface area contributed by atoms with Crippen molar-refractivity contribution in [1.82, 2.24) is 9.66 Å². The fraction of sp³-hybridized carbons (Fsp3) is 0.212. The Kier molecular flexibility index (Phi) is 8.56. The van der Waals surface area contributed by atoms with Crippen molar-refractivity contribution in [3.8, 4) is 28.8 Å². The summed E-state index contributed by atoms with van der Waals surface area (Å²) in [6, 6.07) is 17.9. The average Bonchev–Trinajstić information content (AvgIpc) is 3.46. The number of furan rings is 1. The number of aromatic nitrogens is 2. The van der Waals surface area contributed by atoms with Crippen LogP contribution in [0.1, 0.15) is 25.0 Å². The number of hydrogen-bond acceptors (Lipinski definition) is 9. The van der Waals surface area contributed by atoms with Gasteiger partial charge < -0.3 is 23.4 Å². The SMILES string of the molecule is C=CCc1cc(C=Nn2c(-c3cc4c(OC)cccc4o3)nc3ccccc3c2=O)cc(OCC)c1O[C@H](C)C(=O)OC. The number of carbonyl (C=O) groups is 1. The lowest BCUT2D eigenvalue weighted by Gasteiger charge is -2.19. The predicted molar refractivity (Wildman–Crippen MR) is 164 cm³/mol. The second-order valence-corrected chi connectivity index (χ2v) is 9.51. The molecule has 0 aliphatic carbocycles. The van der Waals surface area contributed by atoms with Crippen molar-refractivity contribution < 1.29 is 28.2 Å². The van der Waals surface area contributed by atoms with Gasteiger partial charge in [-0.1, -0.05) is 24.3 Å². The summed E-state index contributed by atoms with van der Waals surface area (Å²) >= 11 is 0. The standard InChI is InChI=1S/C33H31N3O7/c1-6-11-22-16-21(17-28(41-7-2)30(22)42-20(3)33(38)40-5)19-34-36-31(35-25-13-9-8-12-23(25)32(36)37)29-18-24-26(39-4)14-10-15-27(24)43-29/h6,8-10,12-20H,1,7,11H2,2-5H3/t20-/m1/s1. The van der Waals surface area contributed by atoms with Crippen LogP contribution in [0.25, 0.3) is 33.5 Å². The van der Waals surface area contributed by atoms with Gasteiger partial charge in [0.2, 0.25) is 5.82 Å². The molecule has 0 aliphatic rings. The molecule has 3 aromatic carbocycles. The number of rotatable bonds is 11. The van der Waals surface area contributed by atoms with Gasteiger partial charge in [-0.3, -0.25) is 4.79 Å². The van der Waals surface area contributed by atoms with Gasteiger partial charge in [0.25, 0.3) is 5.56 Å². The quantitative estimate of drug-likeness (QED) is 0.110. The first kappa shape index (κ1) is 29.1. The highest BCUT2D eigenvalue weighted by Gasteiger charge is 2.21. The van der Waals surface area contributed by atoms with Gasteiger partial charge in [-0.2, -0.15) is 9.78 Å². The molecule has 0 unspecified atom stereocenters. The Hall–Kier alpha value is -5.38. The predicted octanol–water partition coefficient (Wildman–Crippen LogP) is 5.77. The largest absolute Gasteiger partial charge is 0.496 e. The Labute approximate surface area is 247 Å². The Bertz CT molecular complexity index is 1900. The third-order valence-electron chi connectivity index (χ3n) is 6.68. The highest BCUT2D eigenvalue weighted by atomic mass is 16.6. The van der Waals surface area contributed by atoms with E-state index in [2.05, 4.69) is 11.7 Å². The van der Waals surface area contributed by atoms with Gasteiger partial charge in [-0.25, -0.2) is 9.78 Å². The number of hydrogen-bond donors (Lipinski definition) is 0. The van der Waals surface area contributed by atoms with Crippen molar-refractivity contribution in [1.29, 1.82) is 0 Å². The summed E-state index contributed by atoms with van der Waals surface area (Å²) < 4.78 is 29.5. The van der Waals surface area contributed by atoms with Gasteiger partial charge in [0.1, 0.15) is 11.3 Å². The fourth-order valence-electron chi connectivity index (χ4n) is 4.69. The first-order chi connectivity index (χ1) is 20.9. The van der Waals surface area contributed by atoms with E-state index >= 15 is 0 Å². The molecule has 10 nitrogen and oxygen atoms in total. The van der Waals surface area contributed by atoms with Gasteiger partial charge in [0, 0.05) is 5.56 Å². The average molecular weight is 582 g/mol. The number of esters is 1. The minimum Gasteiger partial charge on any atom is -0.496 e. The molecular weight excluding hydrogens is 550 g/mol. The zero-order valence-electron chi connectivity index (χ0n) is 24.3. The molecule has 0 saturated carbocycles. The highest BCUT2D eigenvalue weighted by molar-refractivity contribution is 5.89. The van der Waals surface area contributed by atoms with Crippen LogP contribution < -0.4 is 19.8 Å². The Balaban J connectivity index is 1.65. The van der Waals surface area contributed by atoms with Crippen LogP contribution >= 0.6 is 0 Å². The van der Waals surface area contributed by atoms with Crippen molar-refractivity contribution in [2.75, 3.05) is 20.8 Å². The number of fused-ring (bicyclic) bond motifs is 2. The van der Waals surface area contributed by atoms with Crippen LogP contribution in [-0.4, -0.2) is 48.8 Å². The lowest BCUT2D eigenvalue weighted by Crippen LogP contribution is -2.25. The topological polar surface area (TPSA) is 114 Å². The molecule has 0 spiro atoms. The van der Waals surface area contributed by atoms with E-state index in [1.165, 1.54) is 18.0 Å². The number of nitrogens with zero attached hydrogens (tertiary/aromatic N) is 3. The van der Waals surface area contributed by atoms with E-state index in [-0.39, 0.29) is 11.4 Å². The second kappa shape index (κ2) is 12.6. The molecule has 0 aliphatic heterocycles. The molecule has 0 amide bonds. The van der Waals surface area contributed by atoms with Crippen LogP contribution in [0.15, 0.2) is 87.6 Å². The number of benzene rings is 3. The van der Waals surface area contributed by atoms with Crippen molar-refractivity contribution in [3.63, 3.8) is 0 Å². The van der Waals surface area contributed by atoms with E-state index in [9.17, 15) is 9.59 Å². The summed E-state index contributed by atoms with van der Waals surface area (Å²) in [5, 5.41) is 5.72. The number of ether oxygens (including phenoxy) is 4. The molecule has 0 saturated heterocycles. The van der Waals surface area contributed by atoms with Crippen molar-refractivity contribution in [2.45, 2.75) is 26.4 Å². The van der Waals surface area contributed by atoms with E-state index in [0.29, 0.717) is 63.6 Å². The summed E-state index contributed by atoms with van der Waals surface area (Å²) in [5.41, 5.74) is 2.06. The molecule has 1 atom stereocenters. The van der Waals surface area contributed by atoms with Crippen molar-refractivity contribution >= 4 is 34.1 Å². The highest BCUT2D eigenvalue weighted by Crippen LogP contribution is 2.35. The summed E-state index contributed by atoms with van der Waals surface area (Å²) in [6.45, 7) is 7.64. The monoisotopic (exact) mass is 581 g/mol. The maximum absolute atomic E-state index is 13.7. The van der Waals surface area contributed by atoms with Crippen molar-refractivity contribution in [2.24, 2.45) is 5.10 Å². The molecule has 0 fully saturated rings. The molecule has 0 bridgehead atoms. The van der Waals surface area contributed by atoms with Crippen LogP contribution in [0.5, 0.6) is 17.2 Å². The Morgan fingerprint density at radius 1 is 1.09 bits per heavy atom. The third kappa shape index (κ3) is 5.85. The third-order valence-corrected chi connectivity index (χ3v) is 6.68. The maximum Gasteiger partial charge on any atom is 0.346 e. The summed E-state index contributed by atoms with van der Waals surface area (Å²) in [5.74, 6) is 1.50. The molecule has 2 aromatic heterocycles. The second-order valence-electron chi connectivity index (χ2n) is 9.51. The van der Waals surface area contributed by atoms with Gasteiger partial charge >= 0.3 is 5.97 Å². The number of carbonyl (C=O) groups excluding carboxylic acids is 1. The maximum atomic E-state index is 13.7. The van der Waals surface area contributed by atoms with Crippen molar-refractivity contribution in [3.05, 3.63) is 94.8 Å². The van der Waals surface area contributed by atoms with Crippen LogP contribution in [0, 0.1) is 0 Å². The van der Waals surface area contributed by atoms with Crippen LogP contribution in [0.2, 0.25) is 0 Å². The molecule has 2 heterocycles. The van der Waals surface area contributed by atoms with E-state index in [4.69, 9.17) is 28.3 Å². The fourth-order valence-corrected chi connectivity index (χ4v) is 4.69. The van der Waals surface area contributed by atoms with E-state index in [1.54, 1.807) is 50.4 Å². The molecule has 5 rings (SSSR count). The first-order valence-electron chi connectivity index (χ1n) is 13.7. The molecule has 5 aromatic rings. The van der Waals surface area contributed by atoms with E-state index in [0.717, 1.165) is 5.39 Å². The number of allylic oxidation sites excluding steroid dienone is 1. The van der Waals surface area contributed by atoms with E-state index < -0.39 is 12.1 Å². The molecule has 220 valence electrons. The zero-order valence-corrected chi connectivity index (χ0v) is 24.3. The molecular formula is C33H31N3O7. The van der Waals surface area contributed by atoms with Crippen LogP contribution in [-0.2, 0) is 16.0 Å². The Morgan fingerprint density at radius 3 is 2.65 bits per heavy atom. The van der Waals surface area contributed by atoms with Gasteiger partial charge in [0.15, 0.2) is 23.4 Å². The zero-order chi connectivity index (χ0) is 30.5. The minimum absolute atomic E-state index is 0.224. The summed E-state index contributed by atoms with van der Waals surface area (Å²) in [6.07, 6.45) is 2.81. The van der Waals surface area contributed by atoms with E-state index in [1.807, 2.05) is 37.3 Å².